The first kappa shape index (κ1) is 24.8. The smallest absolute Gasteiger partial charge is 0.162 e. The third-order valence-corrected chi connectivity index (χ3v) is 7.11. The molecule has 1 aliphatic rings. The van der Waals surface area contributed by atoms with Gasteiger partial charge in [-0.25, -0.2) is 17.6 Å². The van der Waals surface area contributed by atoms with Crippen LogP contribution in [-0.4, -0.2) is 0 Å². The Balaban J connectivity index is 1.54. The molecule has 0 spiro atoms. The van der Waals surface area contributed by atoms with Gasteiger partial charge in [-0.1, -0.05) is 57.4 Å². The standard InChI is InChI=1S/C28H36F4/c1-3-5-6-8-22-17-18-24(28(32)27(22)31)20-12-9-19(10-13-20)11-14-23-16-15-21(7-4-2)25(29)26(23)30/h15-20H,3-14H2,1-2H3. The topological polar surface area (TPSA) is 0 Å². The fourth-order valence-corrected chi connectivity index (χ4v) is 5.08. The van der Waals surface area contributed by atoms with E-state index in [1.807, 2.05) is 6.92 Å². The van der Waals surface area contributed by atoms with Crippen LogP contribution in [0.25, 0.3) is 0 Å². The maximum atomic E-state index is 14.7. The minimum atomic E-state index is -0.707. The van der Waals surface area contributed by atoms with Crippen molar-refractivity contribution in [3.63, 3.8) is 0 Å². The third kappa shape index (κ3) is 5.94. The van der Waals surface area contributed by atoms with Gasteiger partial charge in [0.15, 0.2) is 23.3 Å². The molecule has 1 aliphatic carbocycles. The SMILES string of the molecule is CCCCCc1ccc(C2CCC(CCc3ccc(CCC)c(F)c3F)CC2)c(F)c1F. The number of hydrogen-bond acceptors (Lipinski definition) is 0. The highest BCUT2D eigenvalue weighted by atomic mass is 19.2. The van der Waals surface area contributed by atoms with E-state index in [1.165, 1.54) is 0 Å². The van der Waals surface area contributed by atoms with E-state index in [-0.39, 0.29) is 5.92 Å². The molecule has 0 aromatic heterocycles. The molecule has 0 atom stereocenters. The van der Waals surface area contributed by atoms with Crippen LogP contribution in [0.5, 0.6) is 0 Å². The maximum Gasteiger partial charge on any atom is 0.162 e. The van der Waals surface area contributed by atoms with Crippen LogP contribution in [0.3, 0.4) is 0 Å². The summed E-state index contributed by atoms with van der Waals surface area (Å²) in [5.74, 6) is -2.32. The third-order valence-electron chi connectivity index (χ3n) is 7.11. The number of hydrogen-bond donors (Lipinski definition) is 0. The number of rotatable bonds is 10. The van der Waals surface area contributed by atoms with E-state index < -0.39 is 23.3 Å². The molecule has 0 unspecified atom stereocenters. The number of benzene rings is 2. The molecule has 1 saturated carbocycles. The lowest BCUT2D eigenvalue weighted by atomic mass is 9.76. The van der Waals surface area contributed by atoms with Crippen LogP contribution < -0.4 is 0 Å². The zero-order valence-electron chi connectivity index (χ0n) is 19.5. The summed E-state index contributed by atoms with van der Waals surface area (Å²) >= 11 is 0. The van der Waals surface area contributed by atoms with Gasteiger partial charge in [0, 0.05) is 0 Å². The Morgan fingerprint density at radius 3 is 1.81 bits per heavy atom. The van der Waals surface area contributed by atoms with Crippen molar-refractivity contribution in [2.45, 2.75) is 96.8 Å². The zero-order valence-corrected chi connectivity index (χ0v) is 19.5. The summed E-state index contributed by atoms with van der Waals surface area (Å²) in [6.45, 7) is 4.04. The van der Waals surface area contributed by atoms with Crippen molar-refractivity contribution in [1.29, 1.82) is 0 Å². The van der Waals surface area contributed by atoms with Crippen LogP contribution in [-0.2, 0) is 19.3 Å². The van der Waals surface area contributed by atoms with E-state index in [2.05, 4.69) is 6.92 Å². The minimum Gasteiger partial charge on any atom is -0.203 e. The van der Waals surface area contributed by atoms with Gasteiger partial charge in [0.1, 0.15) is 0 Å². The Labute approximate surface area is 190 Å². The predicted molar refractivity (Wildman–Crippen MR) is 123 cm³/mol. The molecule has 3 rings (SSSR count). The van der Waals surface area contributed by atoms with E-state index in [0.717, 1.165) is 57.8 Å². The van der Waals surface area contributed by atoms with Crippen molar-refractivity contribution in [2.24, 2.45) is 5.92 Å². The van der Waals surface area contributed by atoms with Gasteiger partial charge in [0.2, 0.25) is 0 Å². The molecule has 0 heterocycles. The predicted octanol–water partition coefficient (Wildman–Crippen LogP) is 8.83. The van der Waals surface area contributed by atoms with Crippen molar-refractivity contribution >= 4 is 0 Å². The van der Waals surface area contributed by atoms with Gasteiger partial charge in [0.05, 0.1) is 0 Å². The average molecular weight is 449 g/mol. The molecule has 0 radical (unpaired) electrons. The van der Waals surface area contributed by atoms with Crippen LogP contribution >= 0.6 is 0 Å². The van der Waals surface area contributed by atoms with Gasteiger partial charge in [-0.3, -0.25) is 0 Å². The first-order chi connectivity index (χ1) is 15.5. The second-order valence-corrected chi connectivity index (χ2v) is 9.42. The molecule has 0 saturated heterocycles. The van der Waals surface area contributed by atoms with Gasteiger partial charge in [-0.05, 0) is 91.9 Å². The van der Waals surface area contributed by atoms with Crippen LogP contribution in [0.15, 0.2) is 24.3 Å². The summed E-state index contributed by atoms with van der Waals surface area (Å²) in [5.41, 5.74) is 1.86. The van der Waals surface area contributed by atoms with Crippen molar-refractivity contribution in [3.8, 4) is 0 Å². The van der Waals surface area contributed by atoms with Gasteiger partial charge in [0.25, 0.3) is 0 Å². The highest BCUT2D eigenvalue weighted by Crippen LogP contribution is 2.39. The van der Waals surface area contributed by atoms with Crippen molar-refractivity contribution in [1.82, 2.24) is 0 Å². The Bertz CT molecular complexity index is 881. The summed E-state index contributed by atoms with van der Waals surface area (Å²) in [6, 6.07) is 6.96. The van der Waals surface area contributed by atoms with E-state index in [9.17, 15) is 17.6 Å². The van der Waals surface area contributed by atoms with Crippen molar-refractivity contribution < 1.29 is 17.6 Å². The number of halogens is 4. The normalized spacial score (nSPS) is 18.8. The lowest BCUT2D eigenvalue weighted by Crippen LogP contribution is -2.16. The van der Waals surface area contributed by atoms with Crippen LogP contribution in [0.2, 0.25) is 0 Å². The average Bonchev–Trinajstić information content (AvgIpc) is 2.80. The summed E-state index contributed by atoms with van der Waals surface area (Å²) in [6.07, 6.45) is 9.60. The molecule has 2 aromatic carbocycles. The maximum absolute atomic E-state index is 14.7. The molecule has 0 N–H and O–H groups in total. The van der Waals surface area contributed by atoms with E-state index in [0.29, 0.717) is 47.4 Å². The van der Waals surface area contributed by atoms with E-state index >= 15 is 0 Å². The second-order valence-electron chi connectivity index (χ2n) is 9.42. The van der Waals surface area contributed by atoms with Crippen molar-refractivity contribution in [2.75, 3.05) is 0 Å². The Morgan fingerprint density at radius 2 is 1.19 bits per heavy atom. The molecule has 0 amide bonds. The van der Waals surface area contributed by atoms with Crippen LogP contribution in [0.1, 0.15) is 99.8 Å². The number of aryl methyl sites for hydroxylation is 3. The lowest BCUT2D eigenvalue weighted by molar-refractivity contribution is 0.303. The van der Waals surface area contributed by atoms with Gasteiger partial charge < -0.3 is 0 Å². The minimum absolute atomic E-state index is 0.0351. The Kier molecular flexibility index (Phi) is 9.19. The van der Waals surface area contributed by atoms with E-state index in [1.54, 1.807) is 24.3 Å². The molecular weight excluding hydrogens is 412 g/mol. The highest BCUT2D eigenvalue weighted by Gasteiger charge is 2.26. The zero-order chi connectivity index (χ0) is 23.1. The van der Waals surface area contributed by atoms with Gasteiger partial charge in [-0.2, -0.15) is 0 Å². The quantitative estimate of drug-likeness (QED) is 0.251. The molecule has 4 heteroatoms. The van der Waals surface area contributed by atoms with Crippen molar-refractivity contribution in [3.05, 3.63) is 69.8 Å². The Hall–Kier alpha value is -1.84. The molecule has 2 aromatic rings. The molecule has 0 aliphatic heterocycles. The molecular formula is C28H36F4. The highest BCUT2D eigenvalue weighted by molar-refractivity contribution is 5.30. The molecule has 176 valence electrons. The summed E-state index contributed by atoms with van der Waals surface area (Å²) in [4.78, 5) is 0. The fourth-order valence-electron chi connectivity index (χ4n) is 5.08. The lowest BCUT2D eigenvalue weighted by Gasteiger charge is -2.29. The Morgan fingerprint density at radius 1 is 0.625 bits per heavy atom. The number of unbranched alkanes of at least 4 members (excludes halogenated alkanes) is 2. The molecule has 0 bridgehead atoms. The fraction of sp³-hybridized carbons (Fsp3) is 0.571. The largest absolute Gasteiger partial charge is 0.203 e. The molecule has 32 heavy (non-hydrogen) atoms. The molecule has 0 nitrogen and oxygen atoms in total. The van der Waals surface area contributed by atoms with Gasteiger partial charge in [-0.15, -0.1) is 0 Å². The van der Waals surface area contributed by atoms with Crippen LogP contribution in [0, 0.1) is 29.2 Å². The van der Waals surface area contributed by atoms with Gasteiger partial charge >= 0.3 is 0 Å². The summed E-state index contributed by atoms with van der Waals surface area (Å²) in [5, 5.41) is 0. The monoisotopic (exact) mass is 448 g/mol. The second kappa shape index (κ2) is 11.9. The van der Waals surface area contributed by atoms with E-state index in [4.69, 9.17) is 0 Å². The first-order valence-electron chi connectivity index (χ1n) is 12.4. The van der Waals surface area contributed by atoms with Crippen LogP contribution in [0.4, 0.5) is 17.6 Å². The molecule has 1 fully saturated rings. The summed E-state index contributed by atoms with van der Waals surface area (Å²) in [7, 11) is 0. The first-order valence-corrected chi connectivity index (χ1v) is 12.4. The summed E-state index contributed by atoms with van der Waals surface area (Å²) < 4.78 is 57.9.